The zero-order chi connectivity index (χ0) is 21.7. The molecule has 0 bridgehead atoms. The van der Waals surface area contributed by atoms with Gasteiger partial charge in [-0.3, -0.25) is 14.5 Å². The maximum Gasteiger partial charge on any atom is 0.234 e. The largest absolute Gasteiger partial charge is 0.356 e. The minimum absolute atomic E-state index is 0.0565. The van der Waals surface area contributed by atoms with Crippen molar-refractivity contribution in [2.75, 3.05) is 32.7 Å². The molecular formula is C26H33N3O2. The quantitative estimate of drug-likeness (QED) is 0.796. The van der Waals surface area contributed by atoms with Crippen LogP contribution < -0.4 is 10.6 Å². The van der Waals surface area contributed by atoms with Crippen molar-refractivity contribution in [1.82, 2.24) is 15.5 Å². The smallest absolute Gasteiger partial charge is 0.234 e. The van der Waals surface area contributed by atoms with Gasteiger partial charge >= 0.3 is 0 Å². The third-order valence-electron chi connectivity index (χ3n) is 5.62. The van der Waals surface area contributed by atoms with Crippen molar-refractivity contribution in [2.24, 2.45) is 0 Å². The van der Waals surface area contributed by atoms with E-state index in [-0.39, 0.29) is 17.7 Å². The SMILES string of the molecule is O=C1CCC(c2ccccc2)CCNC(=O)CN(C/C=C/c2ccccc2)CCCN1. The molecule has 2 amide bonds. The Bertz CT molecular complexity index is 836. The lowest BCUT2D eigenvalue weighted by Gasteiger charge is -2.22. The zero-order valence-corrected chi connectivity index (χ0v) is 18.1. The molecule has 1 fully saturated rings. The zero-order valence-electron chi connectivity index (χ0n) is 18.1. The molecule has 1 heterocycles. The summed E-state index contributed by atoms with van der Waals surface area (Å²) in [6.07, 6.45) is 7.13. The topological polar surface area (TPSA) is 61.4 Å². The normalized spacial score (nSPS) is 20.1. The van der Waals surface area contributed by atoms with Gasteiger partial charge in [0, 0.05) is 32.6 Å². The van der Waals surface area contributed by atoms with Gasteiger partial charge in [0.15, 0.2) is 0 Å². The van der Waals surface area contributed by atoms with Crippen LogP contribution in [0, 0.1) is 0 Å². The summed E-state index contributed by atoms with van der Waals surface area (Å²) in [4.78, 5) is 27.0. The Labute approximate surface area is 185 Å². The van der Waals surface area contributed by atoms with Crippen LogP contribution in [0.25, 0.3) is 6.08 Å². The summed E-state index contributed by atoms with van der Waals surface area (Å²) in [6, 6.07) is 20.4. The summed E-state index contributed by atoms with van der Waals surface area (Å²) in [6.45, 7) is 3.08. The molecule has 3 rings (SSSR count). The summed E-state index contributed by atoms with van der Waals surface area (Å²) in [5.74, 6) is 0.429. The fraction of sp³-hybridized carbons (Fsp3) is 0.385. The average molecular weight is 420 g/mol. The van der Waals surface area contributed by atoms with Crippen LogP contribution in [-0.2, 0) is 9.59 Å². The molecule has 2 aromatic carbocycles. The van der Waals surface area contributed by atoms with Gasteiger partial charge in [-0.1, -0.05) is 72.8 Å². The first-order valence-electron chi connectivity index (χ1n) is 11.2. The third kappa shape index (κ3) is 8.38. The number of benzene rings is 2. The van der Waals surface area contributed by atoms with Gasteiger partial charge in [-0.2, -0.15) is 0 Å². The van der Waals surface area contributed by atoms with Gasteiger partial charge in [0.2, 0.25) is 11.8 Å². The molecule has 31 heavy (non-hydrogen) atoms. The van der Waals surface area contributed by atoms with Gasteiger partial charge < -0.3 is 10.6 Å². The van der Waals surface area contributed by atoms with Crippen molar-refractivity contribution in [1.29, 1.82) is 0 Å². The van der Waals surface area contributed by atoms with Gasteiger partial charge in [-0.25, -0.2) is 0 Å². The summed E-state index contributed by atoms with van der Waals surface area (Å²) in [7, 11) is 0. The molecule has 0 aromatic heterocycles. The second-order valence-electron chi connectivity index (χ2n) is 8.04. The summed E-state index contributed by atoms with van der Waals surface area (Å²) < 4.78 is 0. The number of amides is 2. The number of hydrogen-bond acceptors (Lipinski definition) is 3. The Kier molecular flexibility index (Phi) is 9.32. The van der Waals surface area contributed by atoms with E-state index in [9.17, 15) is 9.59 Å². The van der Waals surface area contributed by atoms with E-state index in [1.807, 2.05) is 36.4 Å². The van der Waals surface area contributed by atoms with Gasteiger partial charge in [0.05, 0.1) is 6.54 Å². The minimum atomic E-state index is 0.0565. The maximum absolute atomic E-state index is 12.5. The number of hydrogen-bond donors (Lipinski definition) is 2. The number of carbonyl (C=O) groups is 2. The highest BCUT2D eigenvalue weighted by Crippen LogP contribution is 2.24. The summed E-state index contributed by atoms with van der Waals surface area (Å²) in [5, 5.41) is 6.12. The predicted molar refractivity (Wildman–Crippen MR) is 126 cm³/mol. The molecule has 2 N–H and O–H groups in total. The molecular weight excluding hydrogens is 386 g/mol. The number of nitrogens with one attached hydrogen (secondary N) is 2. The Morgan fingerprint density at radius 3 is 2.35 bits per heavy atom. The molecule has 1 aliphatic rings. The van der Waals surface area contributed by atoms with Gasteiger partial charge in [0.25, 0.3) is 0 Å². The highest BCUT2D eigenvalue weighted by molar-refractivity contribution is 5.78. The van der Waals surface area contributed by atoms with Crippen molar-refractivity contribution in [2.45, 2.75) is 31.6 Å². The molecule has 0 spiro atoms. The Hall–Kier alpha value is -2.92. The first-order chi connectivity index (χ1) is 15.2. The van der Waals surface area contributed by atoms with Gasteiger partial charge in [-0.05, 0) is 36.3 Å². The van der Waals surface area contributed by atoms with E-state index in [1.165, 1.54) is 5.56 Å². The lowest BCUT2D eigenvalue weighted by molar-refractivity contribution is -0.123. The highest BCUT2D eigenvalue weighted by atomic mass is 16.2. The molecule has 0 radical (unpaired) electrons. The van der Waals surface area contributed by atoms with Gasteiger partial charge in [-0.15, -0.1) is 0 Å². The first kappa shape index (κ1) is 22.8. The lowest BCUT2D eigenvalue weighted by atomic mass is 9.91. The van der Waals surface area contributed by atoms with Crippen LogP contribution in [0.2, 0.25) is 0 Å². The van der Waals surface area contributed by atoms with Crippen molar-refractivity contribution < 1.29 is 9.59 Å². The number of nitrogens with zero attached hydrogens (tertiary/aromatic N) is 1. The first-order valence-corrected chi connectivity index (χ1v) is 11.2. The van der Waals surface area contributed by atoms with Crippen LogP contribution in [0.15, 0.2) is 66.7 Å². The molecule has 1 saturated heterocycles. The van der Waals surface area contributed by atoms with Crippen LogP contribution in [0.5, 0.6) is 0 Å². The van der Waals surface area contributed by atoms with E-state index in [4.69, 9.17) is 0 Å². The Morgan fingerprint density at radius 1 is 0.871 bits per heavy atom. The fourth-order valence-electron chi connectivity index (χ4n) is 3.91. The monoisotopic (exact) mass is 419 g/mol. The van der Waals surface area contributed by atoms with E-state index in [0.717, 1.165) is 31.4 Å². The molecule has 1 aliphatic heterocycles. The van der Waals surface area contributed by atoms with Crippen LogP contribution in [0.3, 0.4) is 0 Å². The van der Waals surface area contributed by atoms with Crippen molar-refractivity contribution >= 4 is 17.9 Å². The van der Waals surface area contributed by atoms with E-state index in [0.29, 0.717) is 32.6 Å². The standard InChI is InChI=1S/C26H33N3O2/c30-25-15-14-24(23-12-5-2-6-13-23)16-18-28-26(31)21-29(20-8-17-27-25)19-7-11-22-9-3-1-4-10-22/h1-7,9-13,24H,8,14-21H2,(H,27,30)(H,28,31)/b11-7+. The molecule has 2 aromatic rings. The van der Waals surface area contributed by atoms with Crippen LogP contribution in [-0.4, -0.2) is 49.4 Å². The predicted octanol–water partition coefficient (Wildman–Crippen LogP) is 3.59. The molecule has 0 saturated carbocycles. The molecule has 0 aliphatic carbocycles. The van der Waals surface area contributed by atoms with Gasteiger partial charge in [0.1, 0.15) is 0 Å². The number of rotatable bonds is 4. The molecule has 164 valence electrons. The van der Waals surface area contributed by atoms with E-state index in [2.05, 4.69) is 52.0 Å². The lowest BCUT2D eigenvalue weighted by Crippen LogP contribution is -2.39. The maximum atomic E-state index is 12.5. The Balaban J connectivity index is 1.59. The van der Waals surface area contributed by atoms with Crippen LogP contribution >= 0.6 is 0 Å². The molecule has 5 nitrogen and oxygen atoms in total. The van der Waals surface area contributed by atoms with Crippen LogP contribution in [0.4, 0.5) is 0 Å². The summed E-state index contributed by atoms with van der Waals surface area (Å²) >= 11 is 0. The molecule has 5 heteroatoms. The van der Waals surface area contributed by atoms with E-state index >= 15 is 0 Å². The average Bonchev–Trinajstić information content (AvgIpc) is 2.79. The van der Waals surface area contributed by atoms with Crippen molar-refractivity contribution in [3.8, 4) is 0 Å². The van der Waals surface area contributed by atoms with Crippen LogP contribution in [0.1, 0.15) is 42.7 Å². The number of carbonyl (C=O) groups excluding carboxylic acids is 2. The minimum Gasteiger partial charge on any atom is -0.356 e. The van der Waals surface area contributed by atoms with Crippen molar-refractivity contribution in [3.05, 3.63) is 77.9 Å². The van der Waals surface area contributed by atoms with E-state index in [1.54, 1.807) is 0 Å². The second-order valence-corrected chi connectivity index (χ2v) is 8.04. The third-order valence-corrected chi connectivity index (χ3v) is 5.62. The Morgan fingerprint density at radius 2 is 1.58 bits per heavy atom. The van der Waals surface area contributed by atoms with E-state index < -0.39 is 0 Å². The molecule has 1 atom stereocenters. The molecule has 1 unspecified atom stereocenters. The second kappa shape index (κ2) is 12.7. The highest BCUT2D eigenvalue weighted by Gasteiger charge is 2.16. The fourth-order valence-corrected chi connectivity index (χ4v) is 3.91. The summed E-state index contributed by atoms with van der Waals surface area (Å²) in [5.41, 5.74) is 2.37. The van der Waals surface area contributed by atoms with Crippen molar-refractivity contribution in [3.63, 3.8) is 0 Å².